The van der Waals surface area contributed by atoms with E-state index in [9.17, 15) is 19.2 Å². The lowest BCUT2D eigenvalue weighted by Crippen LogP contribution is -2.29. The molecule has 0 bridgehead atoms. The SMILES string of the molecule is CCC(CC)(c1ccc(Oc2ccc(N3C(=O)C=CC3=O)cc2)cc1)c1ccc(Oc2ccc(N3C(=O)C=CC3=O)cc2)cc1. The Morgan fingerprint density at radius 1 is 0.444 bits per heavy atom. The average Bonchev–Trinajstić information content (AvgIpc) is 3.58. The van der Waals surface area contributed by atoms with Gasteiger partial charge in [0.25, 0.3) is 23.6 Å². The number of carbonyl (C=O) groups is 4. The smallest absolute Gasteiger partial charge is 0.258 e. The van der Waals surface area contributed by atoms with E-state index in [-0.39, 0.29) is 29.0 Å². The van der Waals surface area contributed by atoms with Crippen LogP contribution in [0, 0.1) is 0 Å². The maximum absolute atomic E-state index is 11.9. The molecule has 0 radical (unpaired) electrons. The monoisotopic (exact) mass is 598 g/mol. The molecule has 2 aliphatic heterocycles. The van der Waals surface area contributed by atoms with Gasteiger partial charge in [-0.2, -0.15) is 0 Å². The number of carbonyl (C=O) groups excluding carboxylic acids is 4. The summed E-state index contributed by atoms with van der Waals surface area (Å²) < 4.78 is 12.1. The van der Waals surface area contributed by atoms with E-state index in [1.807, 2.05) is 24.3 Å². The molecule has 0 saturated heterocycles. The van der Waals surface area contributed by atoms with Crippen molar-refractivity contribution in [2.45, 2.75) is 32.1 Å². The molecule has 4 aromatic carbocycles. The first kappa shape index (κ1) is 29.3. The third-order valence-electron chi connectivity index (χ3n) is 8.30. The van der Waals surface area contributed by atoms with E-state index in [0.717, 1.165) is 22.6 Å². The number of imide groups is 2. The van der Waals surface area contributed by atoms with Gasteiger partial charge >= 0.3 is 0 Å². The Kier molecular flexibility index (Phi) is 7.87. The van der Waals surface area contributed by atoms with Gasteiger partial charge in [0.2, 0.25) is 0 Å². The van der Waals surface area contributed by atoms with Crippen LogP contribution in [-0.2, 0) is 24.6 Å². The number of hydrogen-bond donors (Lipinski definition) is 0. The van der Waals surface area contributed by atoms with Crippen LogP contribution in [-0.4, -0.2) is 23.6 Å². The van der Waals surface area contributed by atoms with E-state index in [1.54, 1.807) is 48.5 Å². The predicted molar refractivity (Wildman–Crippen MR) is 171 cm³/mol. The van der Waals surface area contributed by atoms with Crippen LogP contribution in [0.4, 0.5) is 11.4 Å². The standard InChI is InChI=1S/C37H30N2O6/c1-3-37(4-2,25-5-13-29(14-6-25)44-31-17-9-27(10-18-31)38-33(40)21-22-34(38)41)26-7-15-30(16-8-26)45-32-19-11-28(12-20-32)39-35(42)23-24-36(39)43/h5-24H,3-4H2,1-2H3. The number of rotatable bonds is 10. The highest BCUT2D eigenvalue weighted by atomic mass is 16.5. The van der Waals surface area contributed by atoms with Crippen LogP contribution < -0.4 is 19.3 Å². The highest BCUT2D eigenvalue weighted by Gasteiger charge is 2.31. The minimum absolute atomic E-state index is 0.216. The Balaban J connectivity index is 1.13. The third-order valence-corrected chi connectivity index (χ3v) is 8.30. The molecule has 4 aromatic rings. The molecule has 6 rings (SSSR count). The van der Waals surface area contributed by atoms with Gasteiger partial charge < -0.3 is 9.47 Å². The Hall–Kier alpha value is -5.76. The molecule has 45 heavy (non-hydrogen) atoms. The molecule has 224 valence electrons. The molecule has 2 heterocycles. The Morgan fingerprint density at radius 2 is 0.711 bits per heavy atom. The summed E-state index contributed by atoms with van der Waals surface area (Å²) >= 11 is 0. The van der Waals surface area contributed by atoms with Gasteiger partial charge in [0.15, 0.2) is 0 Å². The molecule has 0 aromatic heterocycles. The lowest BCUT2D eigenvalue weighted by molar-refractivity contribution is -0.121. The summed E-state index contributed by atoms with van der Waals surface area (Å²) in [6.45, 7) is 4.36. The first-order valence-corrected chi connectivity index (χ1v) is 14.7. The normalized spacial score (nSPS) is 14.5. The summed E-state index contributed by atoms with van der Waals surface area (Å²) in [7, 11) is 0. The number of amides is 4. The highest BCUT2D eigenvalue weighted by molar-refractivity contribution is 6.28. The van der Waals surface area contributed by atoms with E-state index < -0.39 is 0 Å². The lowest BCUT2D eigenvalue weighted by atomic mass is 9.70. The number of anilines is 2. The van der Waals surface area contributed by atoms with Gasteiger partial charge in [-0.05, 0) is 96.8 Å². The molecule has 4 amide bonds. The Bertz CT molecular complexity index is 1650. The molecule has 0 saturated carbocycles. The van der Waals surface area contributed by atoms with Crippen LogP contribution in [0.1, 0.15) is 37.8 Å². The summed E-state index contributed by atoms with van der Waals surface area (Å²) in [5, 5.41) is 0. The van der Waals surface area contributed by atoms with Crippen molar-refractivity contribution >= 4 is 35.0 Å². The van der Waals surface area contributed by atoms with E-state index in [4.69, 9.17) is 9.47 Å². The van der Waals surface area contributed by atoms with Crippen LogP contribution in [0.2, 0.25) is 0 Å². The second-order valence-electron chi connectivity index (χ2n) is 10.7. The number of ether oxygens (including phenoxy) is 2. The maximum Gasteiger partial charge on any atom is 0.258 e. The van der Waals surface area contributed by atoms with Crippen LogP contribution in [0.5, 0.6) is 23.0 Å². The average molecular weight is 599 g/mol. The molecule has 8 nitrogen and oxygen atoms in total. The fraction of sp³-hybridized carbons (Fsp3) is 0.135. The van der Waals surface area contributed by atoms with Crippen molar-refractivity contribution < 1.29 is 28.7 Å². The quantitative estimate of drug-likeness (QED) is 0.179. The molecular weight excluding hydrogens is 568 g/mol. The third kappa shape index (κ3) is 5.65. The van der Waals surface area contributed by atoms with Gasteiger partial charge in [0, 0.05) is 29.7 Å². The minimum Gasteiger partial charge on any atom is -0.457 e. The fourth-order valence-corrected chi connectivity index (χ4v) is 5.83. The second-order valence-corrected chi connectivity index (χ2v) is 10.7. The molecule has 0 N–H and O–H groups in total. The Labute approximate surface area is 260 Å². The first-order chi connectivity index (χ1) is 21.8. The summed E-state index contributed by atoms with van der Waals surface area (Å²) in [6.07, 6.45) is 6.80. The highest BCUT2D eigenvalue weighted by Crippen LogP contribution is 2.41. The van der Waals surface area contributed by atoms with Crippen molar-refractivity contribution in [1.82, 2.24) is 0 Å². The van der Waals surface area contributed by atoms with Gasteiger partial charge in [0.05, 0.1) is 11.4 Å². The van der Waals surface area contributed by atoms with Gasteiger partial charge in [0.1, 0.15) is 23.0 Å². The number of hydrogen-bond acceptors (Lipinski definition) is 6. The van der Waals surface area contributed by atoms with Crippen molar-refractivity contribution in [3.05, 3.63) is 132 Å². The molecule has 0 spiro atoms. The minimum atomic E-state index is -0.359. The van der Waals surface area contributed by atoms with Crippen LogP contribution in [0.15, 0.2) is 121 Å². The molecule has 8 heteroatoms. The second kappa shape index (κ2) is 12.1. The van der Waals surface area contributed by atoms with E-state index in [2.05, 4.69) is 38.1 Å². The summed E-state index contributed by atoms with van der Waals surface area (Å²) in [5.41, 5.74) is 3.10. The van der Waals surface area contributed by atoms with Crippen molar-refractivity contribution in [2.75, 3.05) is 9.80 Å². The van der Waals surface area contributed by atoms with Gasteiger partial charge in [-0.15, -0.1) is 0 Å². The zero-order chi connectivity index (χ0) is 31.6. The van der Waals surface area contributed by atoms with Gasteiger partial charge in [-0.1, -0.05) is 38.1 Å². The summed E-state index contributed by atoms with van der Waals surface area (Å²) in [4.78, 5) is 50.0. The maximum atomic E-state index is 11.9. The van der Waals surface area contributed by atoms with Crippen molar-refractivity contribution in [3.8, 4) is 23.0 Å². The van der Waals surface area contributed by atoms with Crippen LogP contribution in [0.3, 0.4) is 0 Å². The van der Waals surface area contributed by atoms with E-state index in [0.29, 0.717) is 34.4 Å². The zero-order valence-electron chi connectivity index (χ0n) is 24.8. The fourth-order valence-electron chi connectivity index (χ4n) is 5.83. The molecule has 0 aliphatic carbocycles. The van der Waals surface area contributed by atoms with E-state index in [1.165, 1.54) is 35.4 Å². The van der Waals surface area contributed by atoms with Crippen molar-refractivity contribution in [3.63, 3.8) is 0 Å². The van der Waals surface area contributed by atoms with Crippen LogP contribution in [0.25, 0.3) is 0 Å². The molecule has 0 atom stereocenters. The van der Waals surface area contributed by atoms with Crippen LogP contribution >= 0.6 is 0 Å². The van der Waals surface area contributed by atoms with Gasteiger partial charge in [-0.25, -0.2) is 9.80 Å². The molecule has 2 aliphatic rings. The van der Waals surface area contributed by atoms with Gasteiger partial charge in [-0.3, -0.25) is 19.2 Å². The predicted octanol–water partition coefficient (Wildman–Crippen LogP) is 7.24. The molecule has 0 unspecified atom stereocenters. The largest absolute Gasteiger partial charge is 0.457 e. The summed E-state index contributed by atoms with van der Waals surface area (Å²) in [6, 6.07) is 29.8. The topological polar surface area (TPSA) is 93.2 Å². The number of benzene rings is 4. The van der Waals surface area contributed by atoms with E-state index >= 15 is 0 Å². The first-order valence-electron chi connectivity index (χ1n) is 14.7. The molecular formula is C37H30N2O6. The number of nitrogens with zero attached hydrogens (tertiary/aromatic N) is 2. The Morgan fingerprint density at radius 3 is 0.978 bits per heavy atom. The molecule has 0 fully saturated rings. The zero-order valence-corrected chi connectivity index (χ0v) is 24.8. The van der Waals surface area contributed by atoms with Crippen molar-refractivity contribution in [2.24, 2.45) is 0 Å². The lowest BCUT2D eigenvalue weighted by Gasteiger charge is -2.33. The van der Waals surface area contributed by atoms with Crippen molar-refractivity contribution in [1.29, 1.82) is 0 Å². The summed E-state index contributed by atoms with van der Waals surface area (Å²) in [5.74, 6) is 1.10.